The molecule has 2 aromatic rings. The number of carbonyl (C=O) groups excluding carboxylic acids is 1. The number of nitrogens with zero attached hydrogens (tertiary/aromatic N) is 2. The number of piperazine rings is 1. The summed E-state index contributed by atoms with van der Waals surface area (Å²) in [6.45, 7) is 7.98. The van der Waals surface area contributed by atoms with Crippen LogP contribution in [0.4, 0.5) is 0 Å². The van der Waals surface area contributed by atoms with Crippen molar-refractivity contribution in [2.75, 3.05) is 26.2 Å². The summed E-state index contributed by atoms with van der Waals surface area (Å²) in [6.07, 6.45) is 4.51. The number of aromatic amines is 1. The van der Waals surface area contributed by atoms with Gasteiger partial charge in [0.15, 0.2) is 0 Å². The normalized spacial score (nSPS) is 19.1. The Morgan fingerprint density at radius 3 is 2.52 bits per heavy atom. The second-order valence-electron chi connectivity index (χ2n) is 8.18. The van der Waals surface area contributed by atoms with Gasteiger partial charge in [0.05, 0.1) is 5.52 Å². The molecule has 5 nitrogen and oxygen atoms in total. The van der Waals surface area contributed by atoms with Gasteiger partial charge in [-0.25, -0.2) is 0 Å². The molecule has 0 bridgehead atoms. The number of hydrogen-bond acceptors (Lipinski definition) is 3. The zero-order valence-electron chi connectivity index (χ0n) is 16.4. The maximum Gasteiger partial charge on any atom is 0.252 e. The molecular weight excluding hydrogens is 338 g/mol. The average Bonchev–Trinajstić information content (AvgIpc) is 3.21. The number of benzene rings is 1. The van der Waals surface area contributed by atoms with Crippen molar-refractivity contribution in [3.63, 3.8) is 0 Å². The summed E-state index contributed by atoms with van der Waals surface area (Å²) in [5, 5.41) is 1.09. The zero-order chi connectivity index (χ0) is 19.0. The lowest BCUT2D eigenvalue weighted by molar-refractivity contribution is -0.137. The Morgan fingerprint density at radius 2 is 1.81 bits per heavy atom. The maximum atomic E-state index is 12.6. The molecule has 0 spiro atoms. The third kappa shape index (κ3) is 3.65. The Hall–Kier alpha value is -2.14. The number of fused-ring (bicyclic) bond motifs is 1. The van der Waals surface area contributed by atoms with Crippen LogP contribution in [0.15, 0.2) is 23.0 Å². The van der Waals surface area contributed by atoms with Gasteiger partial charge < -0.3 is 9.88 Å². The number of pyridine rings is 1. The molecule has 0 unspecified atom stereocenters. The minimum absolute atomic E-state index is 0.000613. The SMILES string of the molecule is Cc1ccc2cc(CN3CCN(C(=O)C4CCCC4)CC3)c(=O)[nH]c2c1C. The van der Waals surface area contributed by atoms with E-state index in [-0.39, 0.29) is 11.5 Å². The van der Waals surface area contributed by atoms with Gasteiger partial charge in [0.25, 0.3) is 5.56 Å². The fourth-order valence-corrected chi connectivity index (χ4v) is 4.49. The fourth-order valence-electron chi connectivity index (χ4n) is 4.49. The first-order chi connectivity index (χ1) is 13.0. The van der Waals surface area contributed by atoms with Gasteiger partial charge in [-0.2, -0.15) is 0 Å². The van der Waals surface area contributed by atoms with Crippen molar-refractivity contribution in [3.8, 4) is 0 Å². The Labute approximate surface area is 160 Å². The molecule has 5 heteroatoms. The Morgan fingerprint density at radius 1 is 1.11 bits per heavy atom. The van der Waals surface area contributed by atoms with Crippen LogP contribution in [0.2, 0.25) is 0 Å². The number of H-pyrrole nitrogens is 1. The lowest BCUT2D eigenvalue weighted by atomic mass is 10.0. The summed E-state index contributed by atoms with van der Waals surface area (Å²) in [6, 6.07) is 6.21. The molecule has 2 aliphatic rings. The molecule has 1 saturated carbocycles. The van der Waals surface area contributed by atoms with Crippen molar-refractivity contribution >= 4 is 16.8 Å². The van der Waals surface area contributed by atoms with Crippen LogP contribution in [-0.2, 0) is 11.3 Å². The molecule has 144 valence electrons. The van der Waals surface area contributed by atoms with Crippen LogP contribution in [0.1, 0.15) is 42.4 Å². The largest absolute Gasteiger partial charge is 0.340 e. The van der Waals surface area contributed by atoms with E-state index in [1.807, 2.05) is 17.9 Å². The van der Waals surface area contributed by atoms with Crippen LogP contribution >= 0.6 is 0 Å². The summed E-state index contributed by atoms with van der Waals surface area (Å²) in [5.74, 6) is 0.605. The summed E-state index contributed by atoms with van der Waals surface area (Å²) >= 11 is 0. The average molecular weight is 367 g/mol. The smallest absolute Gasteiger partial charge is 0.252 e. The van der Waals surface area contributed by atoms with E-state index in [1.54, 1.807) is 0 Å². The van der Waals surface area contributed by atoms with Gasteiger partial charge in [-0.1, -0.05) is 25.0 Å². The first kappa shape index (κ1) is 18.2. The number of hydrogen-bond donors (Lipinski definition) is 1. The molecule has 0 radical (unpaired) electrons. The third-order valence-electron chi connectivity index (χ3n) is 6.41. The summed E-state index contributed by atoms with van der Waals surface area (Å²) in [4.78, 5) is 32.5. The third-order valence-corrected chi connectivity index (χ3v) is 6.41. The van der Waals surface area contributed by atoms with Crippen LogP contribution in [0.5, 0.6) is 0 Å². The number of aromatic nitrogens is 1. The predicted octanol–water partition coefficient (Wildman–Crippen LogP) is 2.98. The molecule has 1 aliphatic heterocycles. The summed E-state index contributed by atoms with van der Waals surface area (Å²) in [5.41, 5.74) is 4.07. The molecule has 2 fully saturated rings. The van der Waals surface area contributed by atoms with Gasteiger partial charge >= 0.3 is 0 Å². The summed E-state index contributed by atoms with van der Waals surface area (Å²) in [7, 11) is 0. The first-order valence-corrected chi connectivity index (χ1v) is 10.2. The topological polar surface area (TPSA) is 56.4 Å². The van der Waals surface area contributed by atoms with Crippen LogP contribution in [0, 0.1) is 19.8 Å². The standard InChI is InChI=1S/C22H29N3O2/c1-15-7-8-18-13-19(21(26)23-20(18)16(15)2)14-24-9-11-25(12-10-24)22(27)17-5-3-4-6-17/h7-8,13,17H,3-6,9-12,14H2,1-2H3,(H,23,26). The predicted molar refractivity (Wildman–Crippen MR) is 108 cm³/mol. The monoisotopic (exact) mass is 367 g/mol. The van der Waals surface area contributed by atoms with Crippen LogP contribution in [-0.4, -0.2) is 46.9 Å². The quantitative estimate of drug-likeness (QED) is 0.907. The Balaban J connectivity index is 1.43. The molecule has 1 aliphatic carbocycles. The van der Waals surface area contributed by atoms with Gasteiger partial charge in [-0.15, -0.1) is 0 Å². The minimum Gasteiger partial charge on any atom is -0.340 e. The van der Waals surface area contributed by atoms with Crippen LogP contribution < -0.4 is 5.56 Å². The van der Waals surface area contributed by atoms with Crippen molar-refractivity contribution in [2.45, 2.75) is 46.1 Å². The van der Waals surface area contributed by atoms with E-state index in [0.29, 0.717) is 12.5 Å². The second-order valence-corrected chi connectivity index (χ2v) is 8.18. The van der Waals surface area contributed by atoms with Crippen molar-refractivity contribution in [3.05, 3.63) is 45.2 Å². The van der Waals surface area contributed by atoms with E-state index < -0.39 is 0 Å². The lowest BCUT2D eigenvalue weighted by Crippen LogP contribution is -2.50. The summed E-state index contributed by atoms with van der Waals surface area (Å²) < 4.78 is 0. The van der Waals surface area contributed by atoms with Crippen LogP contribution in [0.3, 0.4) is 0 Å². The number of carbonyl (C=O) groups is 1. The maximum absolute atomic E-state index is 12.6. The number of amides is 1. The Kier molecular flexibility index (Phi) is 5.04. The molecule has 1 N–H and O–H groups in total. The molecule has 2 heterocycles. The Bertz CT molecular complexity index is 904. The highest BCUT2D eigenvalue weighted by Gasteiger charge is 2.29. The second kappa shape index (κ2) is 7.47. The lowest BCUT2D eigenvalue weighted by Gasteiger charge is -2.35. The van der Waals surface area contributed by atoms with Gasteiger partial charge in [0, 0.05) is 44.2 Å². The zero-order valence-corrected chi connectivity index (χ0v) is 16.4. The van der Waals surface area contributed by atoms with E-state index in [9.17, 15) is 9.59 Å². The molecule has 4 rings (SSSR count). The van der Waals surface area contributed by atoms with Gasteiger partial charge in [0.1, 0.15) is 0 Å². The van der Waals surface area contributed by atoms with E-state index in [1.165, 1.54) is 18.4 Å². The molecule has 1 aromatic heterocycles. The number of rotatable bonds is 3. The van der Waals surface area contributed by atoms with Crippen molar-refractivity contribution in [1.82, 2.24) is 14.8 Å². The minimum atomic E-state index is 0.000613. The first-order valence-electron chi connectivity index (χ1n) is 10.2. The van der Waals surface area contributed by atoms with Gasteiger partial charge in [0.2, 0.25) is 5.91 Å². The molecule has 0 atom stereocenters. The highest BCUT2D eigenvalue weighted by Crippen LogP contribution is 2.27. The molecular formula is C22H29N3O2. The van der Waals surface area contributed by atoms with Crippen LogP contribution in [0.25, 0.3) is 10.9 Å². The highest BCUT2D eigenvalue weighted by atomic mass is 16.2. The molecule has 1 amide bonds. The van der Waals surface area contributed by atoms with Crippen molar-refractivity contribution < 1.29 is 4.79 Å². The van der Waals surface area contributed by atoms with Gasteiger partial charge in [-0.05, 0) is 49.3 Å². The molecule has 27 heavy (non-hydrogen) atoms. The highest BCUT2D eigenvalue weighted by molar-refractivity contribution is 5.83. The van der Waals surface area contributed by atoms with Crippen molar-refractivity contribution in [1.29, 1.82) is 0 Å². The molecule has 1 saturated heterocycles. The fraction of sp³-hybridized carbons (Fsp3) is 0.545. The van der Waals surface area contributed by atoms with E-state index in [4.69, 9.17) is 0 Å². The van der Waals surface area contributed by atoms with E-state index >= 15 is 0 Å². The van der Waals surface area contributed by atoms with E-state index in [2.05, 4.69) is 28.9 Å². The number of aryl methyl sites for hydroxylation is 2. The van der Waals surface area contributed by atoms with Gasteiger partial charge in [-0.3, -0.25) is 14.5 Å². The van der Waals surface area contributed by atoms with Crippen molar-refractivity contribution in [2.24, 2.45) is 5.92 Å². The molecule has 1 aromatic carbocycles. The van der Waals surface area contributed by atoms with E-state index in [0.717, 1.165) is 61.1 Å². The number of nitrogens with one attached hydrogen (secondary N) is 1.